The monoisotopic (exact) mass is 213 g/mol. The van der Waals surface area contributed by atoms with Crippen LogP contribution in [0.4, 0.5) is 8.78 Å². The van der Waals surface area contributed by atoms with Crippen molar-refractivity contribution < 1.29 is 8.78 Å². The number of halogens is 3. The molecule has 0 aliphatic heterocycles. The van der Waals surface area contributed by atoms with Gasteiger partial charge in [0.2, 0.25) is 0 Å². The molecule has 1 unspecified atom stereocenters. The van der Waals surface area contributed by atoms with E-state index in [-0.39, 0.29) is 6.54 Å². The number of rotatable bonds is 7. The zero-order valence-electron chi connectivity index (χ0n) is 8.27. The van der Waals surface area contributed by atoms with Crippen LogP contribution in [-0.2, 0) is 0 Å². The molecule has 0 amide bonds. The Morgan fingerprint density at radius 3 is 2.31 bits per heavy atom. The van der Waals surface area contributed by atoms with Crippen molar-refractivity contribution in [3.63, 3.8) is 0 Å². The topological polar surface area (TPSA) is 3.24 Å². The Morgan fingerprint density at radius 2 is 1.92 bits per heavy atom. The van der Waals surface area contributed by atoms with Crippen molar-refractivity contribution in [3.05, 3.63) is 0 Å². The predicted octanol–water partition coefficient (Wildman–Crippen LogP) is 2.84. The van der Waals surface area contributed by atoms with Crippen LogP contribution in [0.15, 0.2) is 0 Å². The lowest BCUT2D eigenvalue weighted by atomic mass is 10.1. The van der Waals surface area contributed by atoms with Crippen LogP contribution in [0.5, 0.6) is 0 Å². The molecule has 0 saturated heterocycles. The summed E-state index contributed by atoms with van der Waals surface area (Å²) in [5, 5.41) is 0. The van der Waals surface area contributed by atoms with Crippen LogP contribution in [-0.4, -0.2) is 36.8 Å². The maximum absolute atomic E-state index is 12.1. The van der Waals surface area contributed by atoms with E-state index in [1.54, 1.807) is 4.90 Å². The van der Waals surface area contributed by atoms with E-state index in [0.29, 0.717) is 24.9 Å². The van der Waals surface area contributed by atoms with E-state index in [1.807, 2.05) is 0 Å². The molecule has 0 spiro atoms. The third-order valence-electron chi connectivity index (χ3n) is 2.06. The van der Waals surface area contributed by atoms with Gasteiger partial charge in [0.1, 0.15) is 0 Å². The molecule has 4 heteroatoms. The zero-order chi connectivity index (χ0) is 10.3. The molecule has 0 radical (unpaired) electrons. The third kappa shape index (κ3) is 7.20. The van der Waals surface area contributed by atoms with Crippen molar-refractivity contribution in [1.82, 2.24) is 4.90 Å². The van der Waals surface area contributed by atoms with Crippen molar-refractivity contribution in [3.8, 4) is 0 Å². The predicted molar refractivity (Wildman–Crippen MR) is 52.6 cm³/mol. The van der Waals surface area contributed by atoms with Gasteiger partial charge in [-0.15, -0.1) is 11.6 Å². The van der Waals surface area contributed by atoms with E-state index < -0.39 is 6.43 Å². The number of nitrogens with zero attached hydrogens (tertiary/aromatic N) is 1. The summed E-state index contributed by atoms with van der Waals surface area (Å²) in [6, 6.07) is 0. The summed E-state index contributed by atoms with van der Waals surface area (Å²) in [5.74, 6) is 0.880. The normalized spacial score (nSPS) is 14.1. The molecule has 0 heterocycles. The minimum Gasteiger partial charge on any atom is -0.296 e. The van der Waals surface area contributed by atoms with E-state index in [4.69, 9.17) is 11.6 Å². The Morgan fingerprint density at radius 1 is 1.31 bits per heavy atom. The summed E-state index contributed by atoms with van der Waals surface area (Å²) in [6.45, 7) is 5.24. The Kier molecular flexibility index (Phi) is 7.57. The Balaban J connectivity index is 3.78. The highest BCUT2D eigenvalue weighted by Crippen LogP contribution is 2.06. The Labute approximate surface area is 84.1 Å². The highest BCUT2D eigenvalue weighted by molar-refractivity contribution is 6.18. The molecule has 0 rings (SSSR count). The zero-order valence-corrected chi connectivity index (χ0v) is 9.03. The first-order valence-corrected chi connectivity index (χ1v) is 5.20. The Hall–Kier alpha value is 0.110. The summed E-state index contributed by atoms with van der Waals surface area (Å²) in [6.07, 6.45) is -1.24. The molecule has 0 N–H and O–H groups in total. The van der Waals surface area contributed by atoms with Gasteiger partial charge >= 0.3 is 0 Å². The Bertz CT molecular complexity index is 122. The molecule has 1 nitrogen and oxygen atoms in total. The second kappa shape index (κ2) is 7.51. The standard InChI is InChI=1S/C9H18ClF2N/c1-3-8(2)6-13(5-4-10)7-9(11)12/h8-9H,3-7H2,1-2H3. The molecule has 0 aliphatic carbocycles. The summed E-state index contributed by atoms with van der Waals surface area (Å²) < 4.78 is 24.2. The number of hydrogen-bond donors (Lipinski definition) is 0. The van der Waals surface area contributed by atoms with E-state index in [2.05, 4.69) is 13.8 Å². The number of alkyl halides is 3. The minimum absolute atomic E-state index is 0.156. The maximum atomic E-state index is 12.1. The van der Waals surface area contributed by atoms with Gasteiger partial charge in [0.25, 0.3) is 6.43 Å². The lowest BCUT2D eigenvalue weighted by Gasteiger charge is -2.23. The summed E-state index contributed by atoms with van der Waals surface area (Å²) in [5.41, 5.74) is 0. The van der Waals surface area contributed by atoms with E-state index >= 15 is 0 Å². The van der Waals surface area contributed by atoms with Gasteiger partial charge < -0.3 is 0 Å². The molecule has 0 aromatic rings. The molecule has 1 atom stereocenters. The van der Waals surface area contributed by atoms with Gasteiger partial charge in [-0.05, 0) is 5.92 Å². The first-order chi connectivity index (χ1) is 6.10. The average molecular weight is 214 g/mol. The lowest BCUT2D eigenvalue weighted by Crippen LogP contribution is -2.34. The molecule has 0 saturated carbocycles. The maximum Gasteiger partial charge on any atom is 0.251 e. The quantitative estimate of drug-likeness (QED) is 0.588. The van der Waals surface area contributed by atoms with Crippen LogP contribution in [0.1, 0.15) is 20.3 Å². The molecule has 0 bridgehead atoms. The van der Waals surface area contributed by atoms with Crippen LogP contribution in [0.25, 0.3) is 0 Å². The van der Waals surface area contributed by atoms with Gasteiger partial charge in [0, 0.05) is 19.0 Å². The highest BCUT2D eigenvalue weighted by Gasteiger charge is 2.13. The summed E-state index contributed by atoms with van der Waals surface area (Å²) in [4.78, 5) is 1.73. The fourth-order valence-electron chi connectivity index (χ4n) is 1.14. The van der Waals surface area contributed by atoms with Gasteiger partial charge in [0.15, 0.2) is 0 Å². The third-order valence-corrected chi connectivity index (χ3v) is 2.23. The van der Waals surface area contributed by atoms with Gasteiger partial charge in [-0.2, -0.15) is 0 Å². The van der Waals surface area contributed by atoms with Crippen molar-refractivity contribution >= 4 is 11.6 Å². The van der Waals surface area contributed by atoms with Crippen LogP contribution >= 0.6 is 11.6 Å². The van der Waals surface area contributed by atoms with Crippen LogP contribution < -0.4 is 0 Å². The minimum atomic E-state index is -2.26. The van der Waals surface area contributed by atoms with E-state index in [0.717, 1.165) is 6.42 Å². The van der Waals surface area contributed by atoms with Gasteiger partial charge in [-0.3, -0.25) is 4.90 Å². The fraction of sp³-hybridized carbons (Fsp3) is 1.00. The van der Waals surface area contributed by atoms with Crippen molar-refractivity contribution in [2.24, 2.45) is 5.92 Å². The van der Waals surface area contributed by atoms with E-state index in [9.17, 15) is 8.78 Å². The van der Waals surface area contributed by atoms with Crippen LogP contribution in [0.2, 0.25) is 0 Å². The summed E-state index contributed by atoms with van der Waals surface area (Å²) in [7, 11) is 0. The summed E-state index contributed by atoms with van der Waals surface area (Å²) >= 11 is 5.52. The molecule has 0 aromatic heterocycles. The SMILES string of the molecule is CCC(C)CN(CCCl)CC(F)F. The van der Waals surface area contributed by atoms with Gasteiger partial charge in [-0.25, -0.2) is 8.78 Å². The second-order valence-corrected chi connectivity index (χ2v) is 3.73. The average Bonchev–Trinajstić information content (AvgIpc) is 2.03. The largest absolute Gasteiger partial charge is 0.296 e. The molecule has 0 aliphatic rings. The van der Waals surface area contributed by atoms with Crippen molar-refractivity contribution in [2.75, 3.05) is 25.5 Å². The molecule has 0 fully saturated rings. The van der Waals surface area contributed by atoms with Gasteiger partial charge in [0.05, 0.1) is 6.54 Å². The second-order valence-electron chi connectivity index (χ2n) is 3.35. The molecule has 0 aromatic carbocycles. The van der Waals surface area contributed by atoms with Crippen molar-refractivity contribution in [2.45, 2.75) is 26.7 Å². The molecular weight excluding hydrogens is 196 g/mol. The van der Waals surface area contributed by atoms with Crippen LogP contribution in [0.3, 0.4) is 0 Å². The fourth-order valence-corrected chi connectivity index (χ4v) is 1.38. The smallest absolute Gasteiger partial charge is 0.251 e. The molecule has 13 heavy (non-hydrogen) atoms. The molecular formula is C9H18ClF2N. The first kappa shape index (κ1) is 13.1. The lowest BCUT2D eigenvalue weighted by molar-refractivity contribution is 0.0841. The number of hydrogen-bond acceptors (Lipinski definition) is 1. The highest BCUT2D eigenvalue weighted by atomic mass is 35.5. The van der Waals surface area contributed by atoms with Crippen molar-refractivity contribution in [1.29, 1.82) is 0 Å². The van der Waals surface area contributed by atoms with Gasteiger partial charge in [-0.1, -0.05) is 20.3 Å². The first-order valence-electron chi connectivity index (χ1n) is 4.66. The van der Waals surface area contributed by atoms with E-state index in [1.165, 1.54) is 0 Å². The van der Waals surface area contributed by atoms with Crippen LogP contribution in [0, 0.1) is 5.92 Å². The molecule has 80 valence electrons.